The zero-order valence-electron chi connectivity index (χ0n) is 8.87. The minimum absolute atomic E-state index is 0.320. The maximum atomic E-state index is 11.3. The number of halogens is 2. The van der Waals surface area contributed by atoms with E-state index in [2.05, 4.69) is 0 Å². The highest BCUT2D eigenvalue weighted by Crippen LogP contribution is 2.21. The third kappa shape index (κ3) is 3.67. The Morgan fingerprint density at radius 1 is 1.50 bits per heavy atom. The second-order valence-electron chi connectivity index (χ2n) is 3.30. The molecule has 2 N–H and O–H groups in total. The highest BCUT2D eigenvalue weighted by molar-refractivity contribution is 6.35. The Morgan fingerprint density at radius 2 is 2.19 bits per heavy atom. The molecule has 3 nitrogen and oxygen atoms in total. The van der Waals surface area contributed by atoms with Crippen molar-refractivity contribution in [2.45, 2.75) is 19.4 Å². The van der Waals surface area contributed by atoms with Crippen LogP contribution in [-0.4, -0.2) is 18.6 Å². The Labute approximate surface area is 104 Å². The van der Waals surface area contributed by atoms with Crippen molar-refractivity contribution < 1.29 is 9.53 Å². The van der Waals surface area contributed by atoms with Gasteiger partial charge in [0.25, 0.3) is 0 Å². The summed E-state index contributed by atoms with van der Waals surface area (Å²) < 4.78 is 4.81. The molecule has 0 saturated carbocycles. The fourth-order valence-corrected chi connectivity index (χ4v) is 1.74. The van der Waals surface area contributed by atoms with Crippen LogP contribution in [0.1, 0.15) is 12.5 Å². The van der Waals surface area contributed by atoms with E-state index in [1.54, 1.807) is 25.1 Å². The average Bonchev–Trinajstić information content (AvgIpc) is 2.22. The second kappa shape index (κ2) is 6.09. The molecule has 0 heterocycles. The second-order valence-corrected chi connectivity index (χ2v) is 4.14. The van der Waals surface area contributed by atoms with Gasteiger partial charge in [0.1, 0.15) is 6.04 Å². The third-order valence-electron chi connectivity index (χ3n) is 2.04. The number of hydrogen-bond donors (Lipinski definition) is 1. The van der Waals surface area contributed by atoms with Crippen molar-refractivity contribution >= 4 is 29.2 Å². The Balaban J connectivity index is 2.69. The molecule has 0 amide bonds. The molecule has 1 atom stereocenters. The van der Waals surface area contributed by atoms with Crippen molar-refractivity contribution in [2.75, 3.05) is 6.61 Å². The molecule has 0 aliphatic carbocycles. The monoisotopic (exact) mass is 261 g/mol. The van der Waals surface area contributed by atoms with Gasteiger partial charge in [-0.1, -0.05) is 29.3 Å². The number of rotatable bonds is 4. The largest absolute Gasteiger partial charge is 0.465 e. The fraction of sp³-hybridized carbons (Fsp3) is 0.364. The topological polar surface area (TPSA) is 52.3 Å². The van der Waals surface area contributed by atoms with Crippen LogP contribution in [0.3, 0.4) is 0 Å². The average molecular weight is 262 g/mol. The molecule has 0 spiro atoms. The summed E-state index contributed by atoms with van der Waals surface area (Å²) in [6, 6.07) is 4.39. The van der Waals surface area contributed by atoms with E-state index in [1.165, 1.54) is 0 Å². The van der Waals surface area contributed by atoms with E-state index in [0.29, 0.717) is 23.1 Å². The molecule has 0 fully saturated rings. The maximum Gasteiger partial charge on any atom is 0.323 e. The minimum atomic E-state index is -0.696. The fourth-order valence-electron chi connectivity index (χ4n) is 1.26. The number of esters is 1. The van der Waals surface area contributed by atoms with Crippen molar-refractivity contribution in [2.24, 2.45) is 5.73 Å². The zero-order chi connectivity index (χ0) is 12.1. The van der Waals surface area contributed by atoms with Crippen molar-refractivity contribution in [1.29, 1.82) is 0 Å². The van der Waals surface area contributed by atoms with E-state index in [4.69, 9.17) is 33.7 Å². The van der Waals surface area contributed by atoms with Crippen LogP contribution >= 0.6 is 23.2 Å². The molecule has 0 aliphatic heterocycles. The first-order chi connectivity index (χ1) is 7.54. The lowest BCUT2D eigenvalue weighted by Crippen LogP contribution is -2.34. The predicted molar refractivity (Wildman–Crippen MR) is 64.8 cm³/mol. The van der Waals surface area contributed by atoms with Crippen molar-refractivity contribution in [1.82, 2.24) is 0 Å². The van der Waals surface area contributed by atoms with Gasteiger partial charge in [-0.05, 0) is 31.0 Å². The zero-order valence-corrected chi connectivity index (χ0v) is 10.4. The lowest BCUT2D eigenvalue weighted by molar-refractivity contribution is -0.144. The van der Waals surface area contributed by atoms with Crippen LogP contribution in [-0.2, 0) is 16.0 Å². The summed E-state index contributed by atoms with van der Waals surface area (Å²) >= 11 is 11.7. The van der Waals surface area contributed by atoms with Crippen LogP contribution in [0, 0.1) is 0 Å². The number of benzene rings is 1. The molecular weight excluding hydrogens is 249 g/mol. The van der Waals surface area contributed by atoms with Gasteiger partial charge < -0.3 is 10.5 Å². The molecule has 0 unspecified atom stereocenters. The molecule has 1 aromatic carbocycles. The lowest BCUT2D eigenvalue weighted by atomic mass is 10.1. The van der Waals surface area contributed by atoms with E-state index < -0.39 is 12.0 Å². The number of carbonyl (C=O) groups is 1. The molecule has 1 rings (SSSR count). The number of nitrogens with two attached hydrogens (primary N) is 1. The summed E-state index contributed by atoms with van der Waals surface area (Å²) in [5.74, 6) is -0.423. The Hall–Kier alpha value is -0.770. The van der Waals surface area contributed by atoms with Gasteiger partial charge in [-0.25, -0.2) is 0 Å². The SMILES string of the molecule is CCOC(=O)[C@@H](N)Cc1ccc(Cl)cc1Cl. The highest BCUT2D eigenvalue weighted by atomic mass is 35.5. The van der Waals surface area contributed by atoms with Crippen LogP contribution in [0.25, 0.3) is 0 Å². The van der Waals surface area contributed by atoms with E-state index in [9.17, 15) is 4.79 Å². The maximum absolute atomic E-state index is 11.3. The first-order valence-electron chi connectivity index (χ1n) is 4.90. The summed E-state index contributed by atoms with van der Waals surface area (Å²) in [4.78, 5) is 11.3. The van der Waals surface area contributed by atoms with Gasteiger partial charge in [0, 0.05) is 10.0 Å². The summed E-state index contributed by atoms with van der Waals surface area (Å²) in [6.45, 7) is 2.06. The van der Waals surface area contributed by atoms with E-state index in [1.807, 2.05) is 0 Å². The van der Waals surface area contributed by atoms with Crippen molar-refractivity contribution in [3.8, 4) is 0 Å². The van der Waals surface area contributed by atoms with Gasteiger partial charge in [0.2, 0.25) is 0 Å². The van der Waals surface area contributed by atoms with Crippen LogP contribution < -0.4 is 5.73 Å². The third-order valence-corrected chi connectivity index (χ3v) is 2.63. The predicted octanol–water partition coefficient (Wildman–Crippen LogP) is 2.43. The summed E-state index contributed by atoms with van der Waals surface area (Å²) in [6.07, 6.45) is 0.342. The smallest absolute Gasteiger partial charge is 0.323 e. The first kappa shape index (κ1) is 13.3. The molecule has 0 bridgehead atoms. The van der Waals surface area contributed by atoms with Crippen molar-refractivity contribution in [3.05, 3.63) is 33.8 Å². The van der Waals surface area contributed by atoms with E-state index in [0.717, 1.165) is 5.56 Å². The highest BCUT2D eigenvalue weighted by Gasteiger charge is 2.16. The van der Waals surface area contributed by atoms with Crippen molar-refractivity contribution in [3.63, 3.8) is 0 Å². The van der Waals surface area contributed by atoms with Gasteiger partial charge in [-0.15, -0.1) is 0 Å². The molecule has 0 saturated heterocycles. The molecule has 0 aliphatic rings. The molecule has 5 heteroatoms. The number of ether oxygens (including phenoxy) is 1. The molecule has 88 valence electrons. The molecule has 1 aromatic rings. The standard InChI is InChI=1S/C11H13Cl2NO2/c1-2-16-11(15)10(14)5-7-3-4-8(12)6-9(7)13/h3-4,6,10H,2,5,14H2,1H3/t10-/m0/s1. The lowest BCUT2D eigenvalue weighted by Gasteiger charge is -2.11. The normalized spacial score (nSPS) is 12.2. The summed E-state index contributed by atoms with van der Waals surface area (Å²) in [5.41, 5.74) is 6.46. The quantitative estimate of drug-likeness (QED) is 0.848. The number of hydrogen-bond acceptors (Lipinski definition) is 3. The van der Waals surface area contributed by atoms with Gasteiger partial charge in [0.15, 0.2) is 0 Å². The van der Waals surface area contributed by atoms with Gasteiger partial charge in [-0.2, -0.15) is 0 Å². The summed E-state index contributed by atoms with van der Waals surface area (Å²) in [5, 5.41) is 1.06. The first-order valence-corrected chi connectivity index (χ1v) is 5.66. The van der Waals surface area contributed by atoms with E-state index >= 15 is 0 Å². The van der Waals surface area contributed by atoms with Crippen LogP contribution in [0.15, 0.2) is 18.2 Å². The molecule has 16 heavy (non-hydrogen) atoms. The molecule has 0 aromatic heterocycles. The Morgan fingerprint density at radius 3 is 2.75 bits per heavy atom. The number of carbonyl (C=O) groups excluding carboxylic acids is 1. The summed E-state index contributed by atoms with van der Waals surface area (Å²) in [7, 11) is 0. The minimum Gasteiger partial charge on any atom is -0.465 e. The van der Waals surface area contributed by atoms with Crippen LogP contribution in [0.4, 0.5) is 0 Å². The Bertz CT molecular complexity index is 382. The molecular formula is C11H13Cl2NO2. The van der Waals surface area contributed by atoms with Gasteiger partial charge >= 0.3 is 5.97 Å². The van der Waals surface area contributed by atoms with Gasteiger partial charge in [0.05, 0.1) is 6.61 Å². The molecule has 0 radical (unpaired) electrons. The Kier molecular flexibility index (Phi) is 5.06. The van der Waals surface area contributed by atoms with Crippen LogP contribution in [0.2, 0.25) is 10.0 Å². The van der Waals surface area contributed by atoms with Gasteiger partial charge in [-0.3, -0.25) is 4.79 Å². The van der Waals surface area contributed by atoms with Crippen LogP contribution in [0.5, 0.6) is 0 Å². The van der Waals surface area contributed by atoms with E-state index in [-0.39, 0.29) is 0 Å².